The molecule has 0 N–H and O–H groups in total. The van der Waals surface area contributed by atoms with Crippen LogP contribution in [0.25, 0.3) is 20.2 Å². The zero-order chi connectivity index (χ0) is 16.6. The average molecular weight is 409 g/mol. The highest BCUT2D eigenvalue weighted by atomic mass is 79.9. The van der Waals surface area contributed by atoms with Crippen LogP contribution >= 0.6 is 38.6 Å². The summed E-state index contributed by atoms with van der Waals surface area (Å²) in [5.74, 6) is -0.199. The highest BCUT2D eigenvalue weighted by Crippen LogP contribution is 2.37. The van der Waals surface area contributed by atoms with Gasteiger partial charge in [0.05, 0.1) is 3.79 Å². The van der Waals surface area contributed by atoms with Crippen LogP contribution in [0.3, 0.4) is 0 Å². The van der Waals surface area contributed by atoms with E-state index in [0.29, 0.717) is 27.0 Å². The molecular weight excluding hydrogens is 403 g/mol. The summed E-state index contributed by atoms with van der Waals surface area (Å²) in [6, 6.07) is 11.0. The van der Waals surface area contributed by atoms with E-state index in [4.69, 9.17) is 7.85 Å². The number of benzene rings is 2. The summed E-state index contributed by atoms with van der Waals surface area (Å²) < 4.78 is 3.57. The molecule has 0 saturated carbocycles. The summed E-state index contributed by atoms with van der Waals surface area (Å²) in [6.45, 7) is 0. The maximum Gasteiger partial charge on any atom is 0.194 e. The molecule has 112 valence electrons. The van der Waals surface area contributed by atoms with Crippen LogP contribution in [0, 0.1) is 0 Å². The second-order valence-electron chi connectivity index (χ2n) is 5.73. The molecule has 5 rings (SSSR count). The molecule has 2 aromatic heterocycles. The molecule has 6 heteroatoms. The summed E-state index contributed by atoms with van der Waals surface area (Å²) in [4.78, 5) is 25.9. The molecular formula is C18H6BBrO2S2. The second-order valence-corrected chi connectivity index (χ2v) is 9.31. The Kier molecular flexibility index (Phi) is 2.96. The fraction of sp³-hybridized carbons (Fsp3) is 0. The number of thiophene rings is 2. The summed E-state index contributed by atoms with van der Waals surface area (Å²) in [5, 5.41) is 1.87. The quantitative estimate of drug-likeness (QED) is 0.355. The molecule has 0 aliphatic heterocycles. The monoisotopic (exact) mass is 408 g/mol. The van der Waals surface area contributed by atoms with Crippen LogP contribution in [0.1, 0.15) is 31.8 Å². The first-order chi connectivity index (χ1) is 11.5. The number of carbonyl (C=O) groups is 2. The minimum absolute atomic E-state index is 0.0973. The van der Waals surface area contributed by atoms with E-state index in [2.05, 4.69) is 15.9 Å². The third kappa shape index (κ3) is 1.94. The molecule has 2 aromatic carbocycles. The number of halogens is 1. The van der Waals surface area contributed by atoms with Crippen molar-refractivity contribution in [2.45, 2.75) is 0 Å². The Balaban J connectivity index is 1.83. The molecule has 2 nitrogen and oxygen atoms in total. The predicted octanol–water partition coefficient (Wildman–Crippen LogP) is 4.45. The Morgan fingerprint density at radius 3 is 1.83 bits per heavy atom. The van der Waals surface area contributed by atoms with E-state index < -0.39 is 0 Å². The van der Waals surface area contributed by atoms with Gasteiger partial charge in [0.25, 0.3) is 0 Å². The number of hydrogen-bond donors (Lipinski definition) is 0. The zero-order valence-electron chi connectivity index (χ0n) is 12.1. The van der Waals surface area contributed by atoms with Gasteiger partial charge in [0.2, 0.25) is 0 Å². The molecule has 1 aliphatic carbocycles. The molecule has 4 aromatic rings. The van der Waals surface area contributed by atoms with E-state index in [1.165, 1.54) is 11.3 Å². The van der Waals surface area contributed by atoms with Crippen LogP contribution < -0.4 is 4.78 Å². The molecule has 2 radical (unpaired) electrons. The Hall–Kier alpha value is -1.76. The van der Waals surface area contributed by atoms with E-state index >= 15 is 0 Å². The van der Waals surface area contributed by atoms with Crippen molar-refractivity contribution in [3.63, 3.8) is 0 Å². The van der Waals surface area contributed by atoms with Crippen LogP contribution in [0.2, 0.25) is 0 Å². The van der Waals surface area contributed by atoms with Gasteiger partial charge in [-0.1, -0.05) is 6.07 Å². The molecule has 2 heterocycles. The van der Waals surface area contributed by atoms with E-state index in [9.17, 15) is 9.59 Å². The Morgan fingerprint density at radius 2 is 1.21 bits per heavy atom. The number of carbonyl (C=O) groups excluding carboxylic acids is 2. The maximum atomic E-state index is 13.0. The summed E-state index contributed by atoms with van der Waals surface area (Å²) in [7, 11) is 5.86. The molecule has 1 aliphatic rings. The minimum atomic E-state index is -0.101. The van der Waals surface area contributed by atoms with Gasteiger partial charge in [-0.25, -0.2) is 0 Å². The van der Waals surface area contributed by atoms with Gasteiger partial charge in [-0.15, -0.1) is 11.3 Å². The van der Waals surface area contributed by atoms with Crippen molar-refractivity contribution in [2.75, 3.05) is 0 Å². The van der Waals surface area contributed by atoms with Crippen LogP contribution in [-0.2, 0) is 0 Å². The van der Waals surface area contributed by atoms with Crippen molar-refractivity contribution in [3.05, 3.63) is 62.4 Å². The summed E-state index contributed by atoms with van der Waals surface area (Å²) >= 11 is 6.44. The number of rotatable bonds is 0. The maximum absolute atomic E-state index is 13.0. The number of hydrogen-bond acceptors (Lipinski definition) is 4. The number of ketones is 2. The standard InChI is InChI=1S/C18H6BBrO2S2/c19-15-3-7-1-9-11(5-13(7)23-15)18(22)12-6-14-8(4-16(20)24-14)2-10(12)17(9)21/h1-6H. The van der Waals surface area contributed by atoms with Crippen LogP contribution in [-0.4, -0.2) is 19.4 Å². The second kappa shape index (κ2) is 4.88. The van der Waals surface area contributed by atoms with E-state index in [1.807, 2.05) is 24.3 Å². The van der Waals surface area contributed by atoms with Crippen molar-refractivity contribution in [2.24, 2.45) is 0 Å². The lowest BCUT2D eigenvalue weighted by molar-refractivity contribution is 0.0979. The largest absolute Gasteiger partial charge is 0.289 e. The Bertz CT molecular complexity index is 1040. The van der Waals surface area contributed by atoms with Crippen molar-refractivity contribution in [1.29, 1.82) is 0 Å². The fourth-order valence-corrected chi connectivity index (χ4v) is 5.63. The first-order valence-electron chi connectivity index (χ1n) is 7.17. The van der Waals surface area contributed by atoms with Gasteiger partial charge < -0.3 is 0 Å². The third-order valence-corrected chi connectivity index (χ3v) is 6.81. The van der Waals surface area contributed by atoms with Gasteiger partial charge >= 0.3 is 0 Å². The van der Waals surface area contributed by atoms with Crippen LogP contribution in [0.5, 0.6) is 0 Å². The van der Waals surface area contributed by atoms with Crippen molar-refractivity contribution in [1.82, 2.24) is 0 Å². The predicted molar refractivity (Wildman–Crippen MR) is 104 cm³/mol. The number of fused-ring (bicyclic) bond motifs is 4. The first kappa shape index (κ1) is 14.6. The van der Waals surface area contributed by atoms with Crippen LogP contribution in [0.4, 0.5) is 0 Å². The topological polar surface area (TPSA) is 34.1 Å². The Morgan fingerprint density at radius 1 is 0.708 bits per heavy atom. The SMILES string of the molecule is [B]c1cc2cc3c(cc2s1)C(=O)c1cc2sc(Br)cc2cc1C3=O. The van der Waals surface area contributed by atoms with Gasteiger partial charge in [-0.05, 0) is 61.8 Å². The van der Waals surface area contributed by atoms with Crippen molar-refractivity contribution >= 4 is 83.0 Å². The Labute approximate surface area is 154 Å². The lowest BCUT2D eigenvalue weighted by Gasteiger charge is -2.17. The smallest absolute Gasteiger partial charge is 0.194 e. The highest BCUT2D eigenvalue weighted by molar-refractivity contribution is 9.11. The van der Waals surface area contributed by atoms with Crippen LogP contribution in [0.15, 0.2) is 40.2 Å². The van der Waals surface area contributed by atoms with Gasteiger partial charge in [0.1, 0.15) is 7.85 Å². The lowest BCUT2D eigenvalue weighted by Crippen LogP contribution is -2.20. The third-order valence-electron chi connectivity index (χ3n) is 4.28. The molecule has 0 saturated heterocycles. The van der Waals surface area contributed by atoms with Gasteiger partial charge in [-0.2, -0.15) is 11.3 Å². The van der Waals surface area contributed by atoms with Gasteiger partial charge in [0, 0.05) is 31.7 Å². The first-order valence-corrected chi connectivity index (χ1v) is 9.59. The molecule has 0 unspecified atom stereocenters. The molecule has 0 bridgehead atoms. The summed E-state index contributed by atoms with van der Waals surface area (Å²) in [5.41, 5.74) is 1.90. The average Bonchev–Trinajstić information content (AvgIpc) is 3.09. The molecule has 24 heavy (non-hydrogen) atoms. The van der Waals surface area contributed by atoms with Crippen molar-refractivity contribution < 1.29 is 9.59 Å². The van der Waals surface area contributed by atoms with E-state index in [0.717, 1.165) is 24.0 Å². The summed E-state index contributed by atoms with van der Waals surface area (Å²) in [6.07, 6.45) is 0. The molecule has 0 atom stereocenters. The highest BCUT2D eigenvalue weighted by Gasteiger charge is 2.31. The van der Waals surface area contributed by atoms with Gasteiger partial charge in [0.15, 0.2) is 11.6 Å². The van der Waals surface area contributed by atoms with Gasteiger partial charge in [-0.3, -0.25) is 9.59 Å². The molecule has 0 fully saturated rings. The van der Waals surface area contributed by atoms with Crippen molar-refractivity contribution in [3.8, 4) is 0 Å². The minimum Gasteiger partial charge on any atom is -0.289 e. The van der Waals surface area contributed by atoms with E-state index in [-0.39, 0.29) is 11.6 Å². The molecule has 0 spiro atoms. The normalized spacial score (nSPS) is 13.5. The lowest BCUT2D eigenvalue weighted by atomic mass is 9.83. The van der Waals surface area contributed by atoms with E-state index in [1.54, 1.807) is 23.5 Å². The fourth-order valence-electron chi connectivity index (χ4n) is 3.20. The zero-order valence-corrected chi connectivity index (χ0v) is 15.3. The molecule has 0 amide bonds.